The molecule has 2 heteroatoms. The van der Waals surface area contributed by atoms with Crippen LogP contribution in [0, 0.1) is 0 Å². The second-order valence-corrected chi connectivity index (χ2v) is 11.8. The van der Waals surface area contributed by atoms with E-state index in [-0.39, 0.29) is 35.7 Å². The number of hydrogen-bond acceptors (Lipinski definition) is 0. The van der Waals surface area contributed by atoms with Gasteiger partial charge in [-0.15, -0.1) is 81.2 Å². The van der Waals surface area contributed by atoms with Crippen molar-refractivity contribution in [2.24, 2.45) is 0 Å². The van der Waals surface area contributed by atoms with Crippen molar-refractivity contribution in [1.82, 2.24) is 0 Å². The summed E-state index contributed by atoms with van der Waals surface area (Å²) in [6.07, 6.45) is 7.62. The molecular weight excluding hydrogens is 576 g/mol. The van der Waals surface area contributed by atoms with Gasteiger partial charge in [-0.1, -0.05) is 123 Å². The maximum Gasteiger partial charge on any atom is 2.00 e. The molecule has 0 unspecified atom stereocenters. The Morgan fingerprint density at radius 1 is 0.500 bits per heavy atom. The molecule has 0 bridgehead atoms. The first-order valence-electron chi connectivity index (χ1n) is 14.5. The molecule has 0 aliphatic rings. The van der Waals surface area contributed by atoms with Crippen molar-refractivity contribution in [3.8, 4) is 0 Å². The number of hydrogen-bond donors (Lipinski definition) is 0. The fourth-order valence-electron chi connectivity index (χ4n) is 4.77. The standard InChI is InChI=1S/2C13H15.C12H11Si.Zr/c2*1-2-3-6-11-9-12-7-4-5-8-13(12)10-11;1-3-7-11(8-4-1)13-12-9-5-2-6-10-12;/h2*4-5,7-10H,2-3,6H2,1H3;1-10,13H;/q2*-1;;+2. The SMILES string of the molecule is CCCCc1cc2ccccc2[cH-]1.CCCCc1cc2ccccc2[cH-]1.[Zr+2].c1ccc([SiH]c2ccccc2)cc1. The second-order valence-electron chi connectivity index (χ2n) is 10.2. The van der Waals surface area contributed by atoms with Crippen molar-refractivity contribution in [2.75, 3.05) is 0 Å². The average molecular weight is 617 g/mol. The first-order chi connectivity index (χ1) is 19.2. The average Bonchev–Trinajstić information content (AvgIpc) is 3.60. The third kappa shape index (κ3) is 10.3. The predicted molar refractivity (Wildman–Crippen MR) is 176 cm³/mol. The Balaban J connectivity index is 0.000000163. The minimum atomic E-state index is 0. The summed E-state index contributed by atoms with van der Waals surface area (Å²) in [4.78, 5) is 0. The molecular formula is C38H41SiZr. The number of unbranched alkanes of at least 4 members (excludes halogenated alkanes) is 2. The van der Waals surface area contributed by atoms with Crippen LogP contribution in [0.2, 0.25) is 0 Å². The predicted octanol–water partition coefficient (Wildman–Crippen LogP) is 8.87. The van der Waals surface area contributed by atoms with Crippen LogP contribution in [0.4, 0.5) is 0 Å². The number of aryl methyl sites for hydroxylation is 2. The van der Waals surface area contributed by atoms with E-state index >= 15 is 0 Å². The van der Waals surface area contributed by atoms with Gasteiger partial charge in [-0.25, -0.2) is 0 Å². The summed E-state index contributed by atoms with van der Waals surface area (Å²) in [5, 5.41) is 8.44. The second kappa shape index (κ2) is 17.8. The van der Waals surface area contributed by atoms with Gasteiger partial charge in [0.15, 0.2) is 0 Å². The van der Waals surface area contributed by atoms with Crippen molar-refractivity contribution in [2.45, 2.75) is 52.4 Å². The Bertz CT molecular complexity index is 1310. The van der Waals surface area contributed by atoms with Crippen molar-refractivity contribution in [3.63, 3.8) is 0 Å². The van der Waals surface area contributed by atoms with E-state index in [2.05, 4.69) is 147 Å². The molecule has 6 aromatic rings. The molecule has 0 aliphatic carbocycles. The van der Waals surface area contributed by atoms with Gasteiger partial charge in [-0.3, -0.25) is 0 Å². The zero-order valence-electron chi connectivity index (χ0n) is 24.0. The molecule has 0 saturated heterocycles. The minimum absolute atomic E-state index is 0. The van der Waals surface area contributed by atoms with Gasteiger partial charge in [-0.2, -0.15) is 12.1 Å². The topological polar surface area (TPSA) is 0 Å². The Kier molecular flexibility index (Phi) is 14.1. The summed E-state index contributed by atoms with van der Waals surface area (Å²) in [7, 11) is 0.271. The molecule has 201 valence electrons. The van der Waals surface area contributed by atoms with Crippen LogP contribution >= 0.6 is 0 Å². The molecule has 6 rings (SSSR count). The first-order valence-corrected chi connectivity index (χ1v) is 15.6. The van der Waals surface area contributed by atoms with E-state index in [4.69, 9.17) is 0 Å². The molecule has 0 saturated carbocycles. The molecule has 0 amide bonds. The smallest absolute Gasteiger partial charge is 0.165 e. The maximum absolute atomic E-state index is 2.31. The summed E-state index contributed by atoms with van der Waals surface area (Å²) in [6, 6.07) is 47.7. The number of fused-ring (bicyclic) bond motifs is 2. The molecule has 1 radical (unpaired) electrons. The van der Waals surface area contributed by atoms with Crippen LogP contribution < -0.4 is 10.4 Å². The van der Waals surface area contributed by atoms with Gasteiger partial charge in [-0.05, 0) is 12.8 Å². The summed E-state index contributed by atoms with van der Waals surface area (Å²) in [5.41, 5.74) is 2.98. The van der Waals surface area contributed by atoms with E-state index in [1.54, 1.807) is 0 Å². The molecule has 0 nitrogen and oxygen atoms in total. The monoisotopic (exact) mass is 615 g/mol. The van der Waals surface area contributed by atoms with Crippen LogP contribution in [-0.4, -0.2) is 9.52 Å². The van der Waals surface area contributed by atoms with E-state index in [1.165, 1.54) is 81.6 Å². The van der Waals surface area contributed by atoms with Gasteiger partial charge in [0.1, 0.15) is 9.52 Å². The summed E-state index contributed by atoms with van der Waals surface area (Å²) >= 11 is 0. The van der Waals surface area contributed by atoms with E-state index < -0.39 is 0 Å². The fourth-order valence-corrected chi connectivity index (χ4v) is 5.99. The summed E-state index contributed by atoms with van der Waals surface area (Å²) < 4.78 is 0. The molecule has 0 aromatic heterocycles. The van der Waals surface area contributed by atoms with E-state index in [9.17, 15) is 0 Å². The van der Waals surface area contributed by atoms with Crippen molar-refractivity contribution in [3.05, 3.63) is 145 Å². The van der Waals surface area contributed by atoms with Gasteiger partial charge in [0.25, 0.3) is 0 Å². The third-order valence-electron chi connectivity index (χ3n) is 6.93. The zero-order valence-corrected chi connectivity index (χ0v) is 27.6. The Morgan fingerprint density at radius 2 is 0.875 bits per heavy atom. The van der Waals surface area contributed by atoms with Gasteiger partial charge in [0.2, 0.25) is 0 Å². The van der Waals surface area contributed by atoms with Gasteiger partial charge in [0.05, 0.1) is 0 Å². The number of rotatable bonds is 8. The molecule has 0 fully saturated rings. The van der Waals surface area contributed by atoms with Crippen LogP contribution in [-0.2, 0) is 39.0 Å². The van der Waals surface area contributed by atoms with E-state index in [0.29, 0.717) is 0 Å². The third-order valence-corrected chi connectivity index (χ3v) is 8.36. The van der Waals surface area contributed by atoms with Crippen molar-refractivity contribution < 1.29 is 26.2 Å². The van der Waals surface area contributed by atoms with Crippen LogP contribution in [0.3, 0.4) is 0 Å². The molecule has 0 spiro atoms. The Hall–Kier alpha value is -2.80. The number of benzene rings is 4. The zero-order chi connectivity index (χ0) is 27.1. The fraction of sp³-hybridized carbons (Fsp3) is 0.211. The van der Waals surface area contributed by atoms with Crippen molar-refractivity contribution >= 4 is 41.4 Å². The molecule has 0 atom stereocenters. The molecule has 0 N–H and O–H groups in total. The Labute approximate surface area is 263 Å². The van der Waals surface area contributed by atoms with Gasteiger partial charge in [0, 0.05) is 0 Å². The molecule has 0 aliphatic heterocycles. The first kappa shape index (κ1) is 31.7. The van der Waals surface area contributed by atoms with Crippen LogP contribution in [0.5, 0.6) is 0 Å². The largest absolute Gasteiger partial charge is 2.00 e. The van der Waals surface area contributed by atoms with E-state index in [1.807, 2.05) is 0 Å². The summed E-state index contributed by atoms with van der Waals surface area (Å²) in [6.45, 7) is 4.48. The summed E-state index contributed by atoms with van der Waals surface area (Å²) in [5.74, 6) is 0. The quantitative estimate of drug-likeness (QED) is 0.118. The molecule has 40 heavy (non-hydrogen) atoms. The van der Waals surface area contributed by atoms with Crippen molar-refractivity contribution in [1.29, 1.82) is 0 Å². The van der Waals surface area contributed by atoms with Gasteiger partial charge < -0.3 is 0 Å². The normalized spacial score (nSPS) is 10.2. The van der Waals surface area contributed by atoms with Crippen LogP contribution in [0.1, 0.15) is 50.7 Å². The minimum Gasteiger partial charge on any atom is -0.165 e. The van der Waals surface area contributed by atoms with Crippen LogP contribution in [0.25, 0.3) is 21.5 Å². The molecule has 0 heterocycles. The maximum atomic E-state index is 2.31. The van der Waals surface area contributed by atoms with Gasteiger partial charge >= 0.3 is 26.2 Å². The molecule has 6 aromatic carbocycles. The van der Waals surface area contributed by atoms with E-state index in [0.717, 1.165) is 0 Å². The van der Waals surface area contributed by atoms with Crippen LogP contribution in [0.15, 0.2) is 133 Å². The Morgan fingerprint density at radius 3 is 1.25 bits per heavy atom.